The summed E-state index contributed by atoms with van der Waals surface area (Å²) in [6.07, 6.45) is 4.16. The van der Waals surface area contributed by atoms with E-state index in [1.54, 1.807) is 4.90 Å². The average Bonchev–Trinajstić information content (AvgIpc) is 2.97. The summed E-state index contributed by atoms with van der Waals surface area (Å²) in [5.74, 6) is 1.21. The summed E-state index contributed by atoms with van der Waals surface area (Å²) in [5, 5.41) is 9.36. The molecule has 8 nitrogen and oxygen atoms in total. The van der Waals surface area contributed by atoms with Crippen LogP contribution in [-0.2, 0) is 10.0 Å². The van der Waals surface area contributed by atoms with Crippen LogP contribution in [0.1, 0.15) is 25.7 Å². The molecular formula is C20H29N3O5S. The van der Waals surface area contributed by atoms with Gasteiger partial charge in [-0.3, -0.25) is 0 Å². The topological polar surface area (TPSA) is 90.4 Å². The Hall–Kier alpha value is -2.00. The summed E-state index contributed by atoms with van der Waals surface area (Å²) in [6.45, 7) is 2.99. The van der Waals surface area contributed by atoms with Crippen molar-refractivity contribution in [3.63, 3.8) is 0 Å². The first-order valence-corrected chi connectivity index (χ1v) is 12.1. The lowest BCUT2D eigenvalue weighted by Crippen LogP contribution is -2.48. The van der Waals surface area contributed by atoms with E-state index in [-0.39, 0.29) is 12.1 Å². The Balaban J connectivity index is 1.27. The fourth-order valence-electron chi connectivity index (χ4n) is 4.98. The molecule has 3 aliphatic rings. The Morgan fingerprint density at radius 3 is 2.17 bits per heavy atom. The SMILES string of the molecule is CS(=O)(=O)N1CCN(c2ccc(OC[C@@H]3C[C@H]4CC[C@@H](C3)N4C(=O)O)cc2)CC1. The highest BCUT2D eigenvalue weighted by molar-refractivity contribution is 7.88. The number of fused-ring (bicyclic) bond motifs is 2. The number of ether oxygens (including phenoxy) is 1. The Morgan fingerprint density at radius 1 is 1.07 bits per heavy atom. The van der Waals surface area contributed by atoms with Crippen molar-refractivity contribution in [2.75, 3.05) is 43.9 Å². The number of carboxylic acid groups (broad SMARTS) is 1. The van der Waals surface area contributed by atoms with Crippen molar-refractivity contribution in [1.82, 2.24) is 9.21 Å². The molecule has 2 bridgehead atoms. The van der Waals surface area contributed by atoms with E-state index in [0.717, 1.165) is 37.1 Å². The van der Waals surface area contributed by atoms with E-state index in [2.05, 4.69) is 4.90 Å². The van der Waals surface area contributed by atoms with Crippen LogP contribution in [0.4, 0.5) is 10.5 Å². The van der Waals surface area contributed by atoms with E-state index < -0.39 is 16.1 Å². The first kappa shape index (κ1) is 20.3. The minimum absolute atomic E-state index is 0.146. The minimum atomic E-state index is -3.12. The van der Waals surface area contributed by atoms with Gasteiger partial charge in [-0.25, -0.2) is 13.2 Å². The third kappa shape index (κ3) is 4.45. The van der Waals surface area contributed by atoms with E-state index in [1.807, 2.05) is 24.3 Å². The highest BCUT2D eigenvalue weighted by Crippen LogP contribution is 2.38. The largest absolute Gasteiger partial charge is 0.493 e. The molecule has 3 saturated heterocycles. The van der Waals surface area contributed by atoms with Gasteiger partial charge in [0.1, 0.15) is 5.75 Å². The van der Waals surface area contributed by atoms with Crippen molar-refractivity contribution in [3.8, 4) is 5.75 Å². The Bertz CT molecular complexity index is 822. The van der Waals surface area contributed by atoms with Crippen molar-refractivity contribution in [2.24, 2.45) is 5.92 Å². The quantitative estimate of drug-likeness (QED) is 0.780. The Kier molecular flexibility index (Phi) is 5.61. The van der Waals surface area contributed by atoms with Crippen molar-refractivity contribution >= 4 is 21.8 Å². The average molecular weight is 424 g/mol. The maximum atomic E-state index is 11.6. The van der Waals surface area contributed by atoms with Crippen LogP contribution < -0.4 is 9.64 Å². The molecule has 1 aromatic carbocycles. The van der Waals surface area contributed by atoms with Crippen LogP contribution >= 0.6 is 0 Å². The van der Waals surface area contributed by atoms with E-state index in [4.69, 9.17) is 4.74 Å². The predicted molar refractivity (Wildman–Crippen MR) is 110 cm³/mol. The lowest BCUT2D eigenvalue weighted by Gasteiger charge is -2.37. The van der Waals surface area contributed by atoms with Gasteiger partial charge in [-0.15, -0.1) is 0 Å². The molecule has 0 aromatic heterocycles. The summed E-state index contributed by atoms with van der Waals surface area (Å²) < 4.78 is 30.8. The molecule has 160 valence electrons. The molecule has 9 heteroatoms. The number of hydrogen-bond donors (Lipinski definition) is 1. The fraction of sp³-hybridized carbons (Fsp3) is 0.650. The molecule has 0 aliphatic carbocycles. The number of piperidine rings is 1. The zero-order valence-electron chi connectivity index (χ0n) is 16.7. The Morgan fingerprint density at radius 2 is 1.66 bits per heavy atom. The molecule has 0 saturated carbocycles. The van der Waals surface area contributed by atoms with Crippen LogP contribution in [0.5, 0.6) is 5.75 Å². The van der Waals surface area contributed by atoms with Gasteiger partial charge in [0, 0.05) is 44.0 Å². The van der Waals surface area contributed by atoms with Gasteiger partial charge in [0.05, 0.1) is 12.9 Å². The molecule has 1 aromatic rings. The molecule has 1 amide bonds. The molecule has 29 heavy (non-hydrogen) atoms. The predicted octanol–water partition coefficient (Wildman–Crippen LogP) is 2.07. The van der Waals surface area contributed by atoms with Gasteiger partial charge in [0.2, 0.25) is 10.0 Å². The normalized spacial score (nSPS) is 27.8. The summed E-state index contributed by atoms with van der Waals surface area (Å²) in [7, 11) is -3.12. The zero-order valence-corrected chi connectivity index (χ0v) is 17.6. The molecular weight excluding hydrogens is 394 g/mol. The number of benzene rings is 1. The van der Waals surface area contributed by atoms with Crippen LogP contribution in [0, 0.1) is 5.92 Å². The van der Waals surface area contributed by atoms with Crippen LogP contribution in [0.15, 0.2) is 24.3 Å². The van der Waals surface area contributed by atoms with Crippen molar-refractivity contribution in [1.29, 1.82) is 0 Å². The molecule has 3 fully saturated rings. The molecule has 0 unspecified atom stereocenters. The molecule has 0 radical (unpaired) electrons. The third-order valence-corrected chi connectivity index (χ3v) is 7.75. The molecule has 4 rings (SSSR count). The number of piperazine rings is 1. The molecule has 3 heterocycles. The van der Waals surface area contributed by atoms with Gasteiger partial charge in [0.25, 0.3) is 0 Å². The Labute approximate surface area is 172 Å². The van der Waals surface area contributed by atoms with Gasteiger partial charge in [-0.1, -0.05) is 0 Å². The van der Waals surface area contributed by atoms with Crippen LogP contribution in [-0.4, -0.2) is 79.9 Å². The number of carbonyl (C=O) groups is 1. The highest BCUT2D eigenvalue weighted by atomic mass is 32.2. The van der Waals surface area contributed by atoms with Crippen LogP contribution in [0.2, 0.25) is 0 Å². The second kappa shape index (κ2) is 8.02. The number of nitrogens with zero attached hydrogens (tertiary/aromatic N) is 3. The summed E-state index contributed by atoms with van der Waals surface area (Å²) in [4.78, 5) is 15.2. The summed E-state index contributed by atoms with van der Waals surface area (Å²) in [5.41, 5.74) is 1.07. The van der Waals surface area contributed by atoms with Crippen LogP contribution in [0.25, 0.3) is 0 Å². The lowest BCUT2D eigenvalue weighted by atomic mass is 9.92. The van der Waals surface area contributed by atoms with Gasteiger partial charge < -0.3 is 19.6 Å². The summed E-state index contributed by atoms with van der Waals surface area (Å²) in [6, 6.07) is 8.24. The number of anilines is 1. The van der Waals surface area contributed by atoms with Crippen molar-refractivity contribution in [2.45, 2.75) is 37.8 Å². The smallest absolute Gasteiger partial charge is 0.407 e. The van der Waals surface area contributed by atoms with E-state index in [1.165, 1.54) is 10.6 Å². The molecule has 1 N–H and O–H groups in total. The molecule has 3 atom stereocenters. The number of hydrogen-bond acceptors (Lipinski definition) is 5. The first-order valence-electron chi connectivity index (χ1n) is 10.3. The second-order valence-electron chi connectivity index (χ2n) is 8.37. The van der Waals surface area contributed by atoms with Crippen molar-refractivity contribution < 1.29 is 23.1 Å². The number of amides is 1. The fourth-order valence-corrected chi connectivity index (χ4v) is 5.81. The highest BCUT2D eigenvalue weighted by Gasteiger charge is 2.43. The lowest BCUT2D eigenvalue weighted by molar-refractivity contribution is 0.0713. The summed E-state index contributed by atoms with van der Waals surface area (Å²) >= 11 is 0. The van der Waals surface area contributed by atoms with Gasteiger partial charge >= 0.3 is 6.09 Å². The van der Waals surface area contributed by atoms with E-state index >= 15 is 0 Å². The van der Waals surface area contributed by atoms with Gasteiger partial charge in [-0.05, 0) is 55.9 Å². The van der Waals surface area contributed by atoms with Crippen molar-refractivity contribution in [3.05, 3.63) is 24.3 Å². The number of rotatable bonds is 5. The van der Waals surface area contributed by atoms with E-state index in [0.29, 0.717) is 38.7 Å². The number of sulfonamides is 1. The van der Waals surface area contributed by atoms with E-state index in [9.17, 15) is 18.3 Å². The molecule has 0 spiro atoms. The standard InChI is InChI=1S/C20H29N3O5S/c1-29(26,27)22-10-8-21(9-11-22)16-4-6-19(7-5-16)28-14-15-12-17-2-3-18(13-15)23(17)20(24)25/h4-7,15,17-18H,2-3,8-14H2,1H3,(H,24,25)/t15-,17-,18+. The maximum absolute atomic E-state index is 11.6. The second-order valence-corrected chi connectivity index (χ2v) is 10.3. The maximum Gasteiger partial charge on any atom is 0.407 e. The zero-order chi connectivity index (χ0) is 20.6. The monoisotopic (exact) mass is 423 g/mol. The van der Waals surface area contributed by atoms with Crippen LogP contribution in [0.3, 0.4) is 0 Å². The van der Waals surface area contributed by atoms with Gasteiger partial charge in [-0.2, -0.15) is 4.31 Å². The first-order chi connectivity index (χ1) is 13.8. The minimum Gasteiger partial charge on any atom is -0.493 e. The van der Waals surface area contributed by atoms with Gasteiger partial charge in [0.15, 0.2) is 0 Å². The molecule has 3 aliphatic heterocycles. The third-order valence-electron chi connectivity index (χ3n) is 6.45.